The van der Waals surface area contributed by atoms with Gasteiger partial charge in [0.1, 0.15) is 0 Å². The highest BCUT2D eigenvalue weighted by molar-refractivity contribution is 5.71. The van der Waals surface area contributed by atoms with Crippen LogP contribution in [0.1, 0.15) is 12.5 Å². The van der Waals surface area contributed by atoms with Crippen LogP contribution in [-0.4, -0.2) is 11.5 Å². The number of anilines is 3. The summed E-state index contributed by atoms with van der Waals surface area (Å²) in [4.78, 5) is 12.6. The second-order valence-electron chi connectivity index (χ2n) is 4.72. The summed E-state index contributed by atoms with van der Waals surface area (Å²) in [5.74, 6) is 5.40. The van der Waals surface area contributed by atoms with Crippen molar-refractivity contribution in [3.05, 3.63) is 58.1 Å². The number of nitro benzene ring substituents is 1. The summed E-state index contributed by atoms with van der Waals surface area (Å²) >= 11 is 0. The summed E-state index contributed by atoms with van der Waals surface area (Å²) in [5, 5.41) is 11.0. The summed E-state index contributed by atoms with van der Waals surface area (Å²) in [6, 6.07) is 12.7. The molecule has 0 atom stereocenters. The van der Waals surface area contributed by atoms with Gasteiger partial charge in [-0.2, -0.15) is 0 Å². The Labute approximate surface area is 123 Å². The molecule has 0 aliphatic carbocycles. The molecule has 0 aromatic heterocycles. The molecule has 2 rings (SSSR count). The first-order valence-electron chi connectivity index (χ1n) is 6.65. The summed E-state index contributed by atoms with van der Waals surface area (Å²) in [5.41, 5.74) is 5.83. The molecule has 0 aliphatic heterocycles. The molecule has 2 aromatic carbocycles. The summed E-state index contributed by atoms with van der Waals surface area (Å²) in [6.07, 6.45) is 0. The van der Waals surface area contributed by atoms with E-state index in [0.29, 0.717) is 12.2 Å². The number of nitrogens with two attached hydrogens (primary N) is 1. The Morgan fingerprint density at radius 2 is 2.00 bits per heavy atom. The fourth-order valence-electron chi connectivity index (χ4n) is 2.25. The molecule has 6 heteroatoms. The first-order valence-corrected chi connectivity index (χ1v) is 6.65. The molecule has 21 heavy (non-hydrogen) atoms. The number of nitro groups is 1. The van der Waals surface area contributed by atoms with Gasteiger partial charge in [-0.1, -0.05) is 12.1 Å². The smallest absolute Gasteiger partial charge is 0.273 e. The number of rotatable bonds is 5. The van der Waals surface area contributed by atoms with E-state index < -0.39 is 4.92 Å². The third-order valence-electron chi connectivity index (χ3n) is 3.22. The third kappa shape index (κ3) is 3.29. The van der Waals surface area contributed by atoms with E-state index in [2.05, 4.69) is 5.43 Å². The molecule has 3 N–H and O–H groups in total. The van der Waals surface area contributed by atoms with Crippen LogP contribution in [0.2, 0.25) is 0 Å². The van der Waals surface area contributed by atoms with Gasteiger partial charge >= 0.3 is 0 Å². The molecule has 2 aromatic rings. The Bertz CT molecular complexity index is 658. The second-order valence-corrected chi connectivity index (χ2v) is 4.72. The molecular weight excluding hydrogens is 268 g/mol. The van der Waals surface area contributed by atoms with Crippen LogP contribution in [0.15, 0.2) is 42.5 Å². The average Bonchev–Trinajstić information content (AvgIpc) is 2.47. The molecule has 0 saturated heterocycles. The van der Waals surface area contributed by atoms with Crippen LogP contribution < -0.4 is 16.2 Å². The summed E-state index contributed by atoms with van der Waals surface area (Å²) < 4.78 is 0. The van der Waals surface area contributed by atoms with Gasteiger partial charge in [-0.05, 0) is 37.6 Å². The lowest BCUT2D eigenvalue weighted by Crippen LogP contribution is -2.17. The number of nitrogen functional groups attached to an aromatic ring is 1. The zero-order valence-corrected chi connectivity index (χ0v) is 12.0. The van der Waals surface area contributed by atoms with E-state index in [0.717, 1.165) is 16.9 Å². The lowest BCUT2D eigenvalue weighted by atomic mass is 10.1. The molecule has 0 fully saturated rings. The van der Waals surface area contributed by atoms with Gasteiger partial charge < -0.3 is 10.3 Å². The van der Waals surface area contributed by atoms with Crippen molar-refractivity contribution in [1.82, 2.24) is 0 Å². The van der Waals surface area contributed by atoms with Gasteiger partial charge in [0.2, 0.25) is 0 Å². The van der Waals surface area contributed by atoms with Gasteiger partial charge in [-0.15, -0.1) is 0 Å². The minimum atomic E-state index is -0.422. The van der Waals surface area contributed by atoms with E-state index in [9.17, 15) is 10.1 Å². The number of nitrogens with one attached hydrogen (secondary N) is 1. The molecule has 0 bridgehead atoms. The summed E-state index contributed by atoms with van der Waals surface area (Å²) in [6.45, 7) is 4.70. The van der Waals surface area contributed by atoms with E-state index >= 15 is 0 Å². The Morgan fingerprint density at radius 1 is 1.24 bits per heavy atom. The highest BCUT2D eigenvalue weighted by atomic mass is 16.6. The zero-order chi connectivity index (χ0) is 15.4. The Morgan fingerprint density at radius 3 is 2.57 bits per heavy atom. The van der Waals surface area contributed by atoms with Gasteiger partial charge in [-0.3, -0.25) is 16.0 Å². The normalized spacial score (nSPS) is 10.2. The van der Waals surface area contributed by atoms with Crippen molar-refractivity contribution in [2.45, 2.75) is 13.8 Å². The van der Waals surface area contributed by atoms with Gasteiger partial charge in [0, 0.05) is 24.4 Å². The molecule has 0 unspecified atom stereocenters. The molecule has 0 heterocycles. The van der Waals surface area contributed by atoms with Crippen molar-refractivity contribution < 1.29 is 4.92 Å². The molecule has 110 valence electrons. The van der Waals surface area contributed by atoms with Crippen LogP contribution >= 0.6 is 0 Å². The van der Waals surface area contributed by atoms with Crippen LogP contribution in [0, 0.1) is 17.0 Å². The minimum absolute atomic E-state index is 0.00607. The molecule has 6 nitrogen and oxygen atoms in total. The van der Waals surface area contributed by atoms with Gasteiger partial charge in [0.25, 0.3) is 5.69 Å². The Balaban J connectivity index is 2.51. The maximum Gasteiger partial charge on any atom is 0.273 e. The molecule has 0 aliphatic rings. The van der Waals surface area contributed by atoms with Crippen LogP contribution in [0.4, 0.5) is 22.7 Å². The van der Waals surface area contributed by atoms with Crippen LogP contribution in [0.25, 0.3) is 0 Å². The standard InChI is InChI=1S/C15H18N4O2/c1-3-18(13-6-4-5-11(2)7-13)14-8-12(17-16)9-15(10-14)19(20)21/h4-10,17H,3,16H2,1-2H3. The predicted octanol–water partition coefficient (Wildman–Crippen LogP) is 3.35. The van der Waals surface area contributed by atoms with Crippen molar-refractivity contribution in [3.8, 4) is 0 Å². The van der Waals surface area contributed by atoms with E-state index in [1.54, 1.807) is 12.1 Å². The Kier molecular flexibility index (Phi) is 4.39. The van der Waals surface area contributed by atoms with E-state index in [4.69, 9.17) is 5.84 Å². The number of hydrogen-bond acceptors (Lipinski definition) is 5. The number of non-ortho nitro benzene ring substituents is 1. The number of aryl methyl sites for hydroxylation is 1. The maximum atomic E-state index is 11.0. The fraction of sp³-hybridized carbons (Fsp3) is 0.200. The number of benzene rings is 2. The Hall–Kier alpha value is -2.60. The highest BCUT2D eigenvalue weighted by Crippen LogP contribution is 2.31. The quantitative estimate of drug-likeness (QED) is 0.500. The van der Waals surface area contributed by atoms with Crippen molar-refractivity contribution in [3.63, 3.8) is 0 Å². The first kappa shape index (κ1) is 14.8. The molecule has 0 spiro atoms. The molecule has 0 radical (unpaired) electrons. The van der Waals surface area contributed by atoms with Gasteiger partial charge in [-0.25, -0.2) is 0 Å². The van der Waals surface area contributed by atoms with Crippen molar-refractivity contribution in [2.75, 3.05) is 16.9 Å². The van der Waals surface area contributed by atoms with E-state index in [1.807, 2.05) is 43.0 Å². The SMILES string of the molecule is CCN(c1cccc(C)c1)c1cc(NN)cc([N+](=O)[O-])c1. The van der Waals surface area contributed by atoms with Crippen LogP contribution in [0.3, 0.4) is 0 Å². The van der Waals surface area contributed by atoms with Gasteiger partial charge in [0.15, 0.2) is 0 Å². The van der Waals surface area contributed by atoms with Crippen molar-refractivity contribution >= 4 is 22.7 Å². The van der Waals surface area contributed by atoms with Gasteiger partial charge in [0.05, 0.1) is 16.3 Å². The largest absolute Gasteiger partial charge is 0.341 e. The first-order chi connectivity index (χ1) is 10.0. The average molecular weight is 286 g/mol. The molecule has 0 amide bonds. The van der Waals surface area contributed by atoms with Crippen LogP contribution in [-0.2, 0) is 0 Å². The minimum Gasteiger partial charge on any atom is -0.341 e. The highest BCUT2D eigenvalue weighted by Gasteiger charge is 2.14. The number of hydrazine groups is 1. The topological polar surface area (TPSA) is 84.4 Å². The molecular formula is C15H18N4O2. The van der Waals surface area contributed by atoms with Crippen molar-refractivity contribution in [1.29, 1.82) is 0 Å². The molecule has 0 saturated carbocycles. The lowest BCUT2D eigenvalue weighted by Gasteiger charge is -2.24. The lowest BCUT2D eigenvalue weighted by molar-refractivity contribution is -0.384. The monoisotopic (exact) mass is 286 g/mol. The summed E-state index contributed by atoms with van der Waals surface area (Å²) in [7, 11) is 0. The zero-order valence-electron chi connectivity index (χ0n) is 12.0. The predicted molar refractivity (Wildman–Crippen MR) is 84.8 cm³/mol. The third-order valence-corrected chi connectivity index (χ3v) is 3.22. The maximum absolute atomic E-state index is 11.0. The number of hydrogen-bond donors (Lipinski definition) is 2. The van der Waals surface area contributed by atoms with E-state index in [-0.39, 0.29) is 5.69 Å². The van der Waals surface area contributed by atoms with Crippen molar-refractivity contribution in [2.24, 2.45) is 5.84 Å². The number of nitrogens with zero attached hydrogens (tertiary/aromatic N) is 2. The van der Waals surface area contributed by atoms with Crippen LogP contribution in [0.5, 0.6) is 0 Å². The van der Waals surface area contributed by atoms with E-state index in [1.165, 1.54) is 6.07 Å². The second kappa shape index (κ2) is 6.23. The fourth-order valence-corrected chi connectivity index (χ4v) is 2.25.